The van der Waals surface area contributed by atoms with Gasteiger partial charge >= 0.3 is 6.09 Å². The van der Waals surface area contributed by atoms with Crippen LogP contribution in [0.1, 0.15) is 64.5 Å². The fraction of sp³-hybridized carbons (Fsp3) is 0.382. The molecule has 5 aromatic rings. The smallest absolute Gasteiger partial charge is 0.407 e. The highest BCUT2D eigenvalue weighted by Gasteiger charge is 2.26. The highest BCUT2D eigenvalue weighted by atomic mass is 16.6. The first-order valence-corrected chi connectivity index (χ1v) is 15.5. The topological polar surface area (TPSA) is 136 Å². The zero-order valence-electron chi connectivity index (χ0n) is 26.5. The zero-order valence-corrected chi connectivity index (χ0v) is 26.5. The summed E-state index contributed by atoms with van der Waals surface area (Å²) in [6.45, 7) is 11.8. The number of hydrogen-bond donors (Lipinski definition) is 3. The van der Waals surface area contributed by atoms with Crippen molar-refractivity contribution in [1.29, 1.82) is 0 Å². The standard InChI is InChI=1S/C34H41N9O2/c1-21(2)28-20-38-43-30(28)40-32(42-16-13-25(14-17-42)39-33(44)45-34(3,4)5)41-31(43)37-19-23-8-6-7-9-26(23)29-27-11-10-24(35)18-22(27)12-15-36-29/h6-12,15,18,20-21,25H,13-14,16-17,19,35H2,1-5H3,(H,39,44)(H,37,40,41). The number of aromatic nitrogens is 5. The second-order valence-electron chi connectivity index (χ2n) is 12.9. The fourth-order valence-corrected chi connectivity index (χ4v) is 5.74. The predicted octanol–water partition coefficient (Wildman–Crippen LogP) is 6.15. The Morgan fingerprint density at radius 3 is 2.62 bits per heavy atom. The van der Waals surface area contributed by atoms with Gasteiger partial charge in [0.25, 0.3) is 0 Å². The van der Waals surface area contributed by atoms with Gasteiger partial charge < -0.3 is 26.0 Å². The molecule has 2 aromatic carbocycles. The van der Waals surface area contributed by atoms with E-state index in [0.29, 0.717) is 31.5 Å². The Bertz CT molecular complexity index is 1840. The molecule has 1 fully saturated rings. The number of alkyl carbamates (subject to hydrolysis) is 1. The number of nitrogens with two attached hydrogens (primary N) is 1. The van der Waals surface area contributed by atoms with Crippen LogP contribution in [0.2, 0.25) is 0 Å². The Hall–Kier alpha value is -4.93. The molecule has 6 rings (SSSR count). The first kappa shape index (κ1) is 30.1. The number of piperidine rings is 1. The molecule has 0 unspecified atom stereocenters. The molecular weight excluding hydrogens is 566 g/mol. The molecule has 11 nitrogen and oxygen atoms in total. The largest absolute Gasteiger partial charge is 0.444 e. The lowest BCUT2D eigenvalue weighted by molar-refractivity contribution is 0.0497. The number of carbonyl (C=O) groups is 1. The molecule has 0 saturated carbocycles. The molecule has 0 atom stereocenters. The summed E-state index contributed by atoms with van der Waals surface area (Å²) in [6, 6.07) is 16.2. The van der Waals surface area contributed by atoms with Gasteiger partial charge in [0.15, 0.2) is 5.65 Å². The third-order valence-electron chi connectivity index (χ3n) is 8.00. The van der Waals surface area contributed by atoms with E-state index in [1.807, 2.05) is 69.6 Å². The molecule has 234 valence electrons. The minimum atomic E-state index is -0.530. The molecule has 45 heavy (non-hydrogen) atoms. The van der Waals surface area contributed by atoms with Crippen molar-refractivity contribution in [3.8, 4) is 11.3 Å². The fourth-order valence-electron chi connectivity index (χ4n) is 5.74. The minimum Gasteiger partial charge on any atom is -0.444 e. The Balaban J connectivity index is 1.26. The average molecular weight is 608 g/mol. The SMILES string of the molecule is CC(C)c1cnn2c(NCc3ccccc3-c3nccc4cc(N)ccc34)nc(N3CCC(NC(=O)OC(C)(C)C)CC3)nc12. The lowest BCUT2D eigenvalue weighted by Crippen LogP contribution is -2.46. The van der Waals surface area contributed by atoms with E-state index in [0.717, 1.165) is 57.3 Å². The second kappa shape index (κ2) is 12.2. The van der Waals surface area contributed by atoms with E-state index < -0.39 is 5.60 Å². The maximum absolute atomic E-state index is 12.3. The van der Waals surface area contributed by atoms with Crippen molar-refractivity contribution in [1.82, 2.24) is 29.9 Å². The van der Waals surface area contributed by atoms with E-state index in [-0.39, 0.29) is 18.1 Å². The summed E-state index contributed by atoms with van der Waals surface area (Å²) < 4.78 is 7.24. The van der Waals surface area contributed by atoms with Crippen LogP contribution in [0.25, 0.3) is 27.7 Å². The van der Waals surface area contributed by atoms with Gasteiger partial charge in [-0.15, -0.1) is 0 Å². The number of nitrogens with one attached hydrogen (secondary N) is 2. The summed E-state index contributed by atoms with van der Waals surface area (Å²) in [7, 11) is 0. The molecule has 3 aromatic heterocycles. The molecule has 4 heterocycles. The number of nitrogen functional groups attached to an aromatic ring is 1. The normalized spacial score (nSPS) is 14.3. The van der Waals surface area contributed by atoms with Crippen LogP contribution < -0.4 is 21.3 Å². The summed E-state index contributed by atoms with van der Waals surface area (Å²) >= 11 is 0. The van der Waals surface area contributed by atoms with Crippen LogP contribution >= 0.6 is 0 Å². The highest BCUT2D eigenvalue weighted by molar-refractivity contribution is 5.96. The van der Waals surface area contributed by atoms with Crippen molar-refractivity contribution in [2.24, 2.45) is 0 Å². The summed E-state index contributed by atoms with van der Waals surface area (Å²) in [4.78, 5) is 29.2. The van der Waals surface area contributed by atoms with E-state index >= 15 is 0 Å². The third kappa shape index (κ3) is 6.62. The molecule has 1 aliphatic rings. The summed E-state index contributed by atoms with van der Waals surface area (Å²) in [5.74, 6) is 1.50. The number of nitrogens with zero attached hydrogens (tertiary/aromatic N) is 6. The van der Waals surface area contributed by atoms with Crippen molar-refractivity contribution < 1.29 is 9.53 Å². The first-order chi connectivity index (χ1) is 21.6. The lowest BCUT2D eigenvalue weighted by Gasteiger charge is -2.33. The van der Waals surface area contributed by atoms with E-state index in [2.05, 4.69) is 46.6 Å². The van der Waals surface area contributed by atoms with Crippen LogP contribution in [0.5, 0.6) is 0 Å². The lowest BCUT2D eigenvalue weighted by atomic mass is 9.99. The molecule has 1 amide bonds. The Morgan fingerprint density at radius 1 is 1.09 bits per heavy atom. The average Bonchev–Trinajstić information content (AvgIpc) is 3.44. The maximum atomic E-state index is 12.3. The van der Waals surface area contributed by atoms with Gasteiger partial charge in [-0.05, 0) is 68.7 Å². The molecule has 1 saturated heterocycles. The number of anilines is 3. The maximum Gasteiger partial charge on any atom is 0.407 e. The van der Waals surface area contributed by atoms with Crippen LogP contribution in [-0.2, 0) is 11.3 Å². The van der Waals surface area contributed by atoms with E-state index in [4.69, 9.17) is 25.4 Å². The molecule has 0 bridgehead atoms. The summed E-state index contributed by atoms with van der Waals surface area (Å²) in [5, 5.41) is 13.3. The molecule has 0 radical (unpaired) electrons. The van der Waals surface area contributed by atoms with Crippen LogP contribution in [-0.4, -0.2) is 55.4 Å². The first-order valence-electron chi connectivity index (χ1n) is 15.5. The number of amides is 1. The van der Waals surface area contributed by atoms with Crippen molar-refractivity contribution in [3.05, 3.63) is 72.1 Å². The monoisotopic (exact) mass is 607 g/mol. The number of fused-ring (bicyclic) bond motifs is 2. The van der Waals surface area contributed by atoms with Gasteiger partial charge in [0.2, 0.25) is 11.9 Å². The number of rotatable bonds is 7. The van der Waals surface area contributed by atoms with Crippen molar-refractivity contribution >= 4 is 40.1 Å². The summed E-state index contributed by atoms with van der Waals surface area (Å²) in [6.07, 6.45) is 4.85. The van der Waals surface area contributed by atoms with Gasteiger partial charge in [-0.25, -0.2) is 4.79 Å². The van der Waals surface area contributed by atoms with Crippen molar-refractivity contribution in [3.63, 3.8) is 0 Å². The van der Waals surface area contributed by atoms with Crippen LogP contribution in [0.4, 0.5) is 22.4 Å². The highest BCUT2D eigenvalue weighted by Crippen LogP contribution is 2.31. The number of hydrogen-bond acceptors (Lipinski definition) is 9. The number of carbonyl (C=O) groups excluding carboxylic acids is 1. The number of pyridine rings is 1. The zero-order chi connectivity index (χ0) is 31.7. The molecule has 0 aliphatic carbocycles. The quantitative estimate of drug-likeness (QED) is 0.186. The van der Waals surface area contributed by atoms with Crippen molar-refractivity contribution in [2.75, 3.05) is 29.0 Å². The third-order valence-corrected chi connectivity index (χ3v) is 8.00. The predicted molar refractivity (Wildman–Crippen MR) is 178 cm³/mol. The van der Waals surface area contributed by atoms with Gasteiger partial charge in [-0.3, -0.25) is 4.98 Å². The van der Waals surface area contributed by atoms with Crippen LogP contribution in [0, 0.1) is 0 Å². The van der Waals surface area contributed by atoms with Gasteiger partial charge in [0.1, 0.15) is 5.60 Å². The van der Waals surface area contributed by atoms with Gasteiger partial charge in [-0.1, -0.05) is 44.2 Å². The Labute approximate surface area is 263 Å². The van der Waals surface area contributed by atoms with Gasteiger partial charge in [0, 0.05) is 54.1 Å². The Morgan fingerprint density at radius 2 is 1.87 bits per heavy atom. The minimum absolute atomic E-state index is 0.0363. The Kier molecular flexibility index (Phi) is 8.18. The van der Waals surface area contributed by atoms with E-state index in [9.17, 15) is 4.79 Å². The number of ether oxygens (including phenoxy) is 1. The van der Waals surface area contributed by atoms with Crippen molar-refractivity contribution in [2.45, 2.75) is 71.6 Å². The molecule has 11 heteroatoms. The van der Waals surface area contributed by atoms with Gasteiger partial charge in [-0.2, -0.15) is 19.6 Å². The van der Waals surface area contributed by atoms with Crippen LogP contribution in [0.15, 0.2) is 60.9 Å². The molecule has 1 aliphatic heterocycles. The molecule has 0 spiro atoms. The number of benzene rings is 2. The van der Waals surface area contributed by atoms with Gasteiger partial charge in [0.05, 0.1) is 11.9 Å². The molecule has 4 N–H and O–H groups in total. The van der Waals surface area contributed by atoms with Crippen LogP contribution in [0.3, 0.4) is 0 Å². The molecular formula is C34H41N9O2. The van der Waals surface area contributed by atoms with E-state index in [1.54, 1.807) is 4.52 Å². The van der Waals surface area contributed by atoms with E-state index in [1.165, 1.54) is 0 Å². The second-order valence-corrected chi connectivity index (χ2v) is 12.9. The summed E-state index contributed by atoms with van der Waals surface area (Å²) in [5.41, 5.74) is 11.1.